The van der Waals surface area contributed by atoms with Crippen molar-refractivity contribution in [2.24, 2.45) is 11.7 Å². The van der Waals surface area contributed by atoms with Gasteiger partial charge in [0.15, 0.2) is 0 Å². The predicted molar refractivity (Wildman–Crippen MR) is 82.6 cm³/mol. The summed E-state index contributed by atoms with van der Waals surface area (Å²) in [6.07, 6.45) is 0. The zero-order valence-electron chi connectivity index (χ0n) is 12.2. The van der Waals surface area contributed by atoms with Crippen molar-refractivity contribution < 1.29 is 4.79 Å². The van der Waals surface area contributed by atoms with Crippen molar-refractivity contribution in [2.75, 3.05) is 6.54 Å². The molecule has 0 radical (unpaired) electrons. The summed E-state index contributed by atoms with van der Waals surface area (Å²) >= 11 is 0. The van der Waals surface area contributed by atoms with Crippen LogP contribution in [0.1, 0.15) is 43.6 Å². The first-order valence-corrected chi connectivity index (χ1v) is 6.55. The Balaban J connectivity index is 0.00000324. The molecule has 1 aromatic rings. The standard InChI is InChI=1S/C15H24N2O.ClH/c1-11(2)10-17(12(3)4)15(18)14-7-5-13(9-16)6-8-14;/h5-8,11-12H,9-10,16H2,1-4H3;1H. The van der Waals surface area contributed by atoms with Crippen molar-refractivity contribution >= 4 is 18.3 Å². The highest BCUT2D eigenvalue weighted by Crippen LogP contribution is 2.12. The minimum atomic E-state index is 0. The SMILES string of the molecule is CC(C)CN(C(=O)c1ccc(CN)cc1)C(C)C.Cl. The molecular formula is C15H25ClN2O. The van der Waals surface area contributed by atoms with Gasteiger partial charge in [-0.25, -0.2) is 0 Å². The van der Waals surface area contributed by atoms with Gasteiger partial charge in [-0.15, -0.1) is 12.4 Å². The van der Waals surface area contributed by atoms with Crippen LogP contribution >= 0.6 is 12.4 Å². The number of benzene rings is 1. The van der Waals surface area contributed by atoms with E-state index in [1.54, 1.807) is 0 Å². The van der Waals surface area contributed by atoms with E-state index in [0.717, 1.165) is 17.7 Å². The largest absolute Gasteiger partial charge is 0.336 e. The van der Waals surface area contributed by atoms with E-state index < -0.39 is 0 Å². The van der Waals surface area contributed by atoms with Crippen LogP contribution in [-0.4, -0.2) is 23.4 Å². The molecule has 1 rings (SSSR count). The fourth-order valence-corrected chi connectivity index (χ4v) is 1.87. The molecule has 108 valence electrons. The highest BCUT2D eigenvalue weighted by Gasteiger charge is 2.19. The van der Waals surface area contributed by atoms with Crippen LogP contribution in [0.4, 0.5) is 0 Å². The van der Waals surface area contributed by atoms with Gasteiger partial charge in [0, 0.05) is 24.7 Å². The maximum atomic E-state index is 12.4. The molecule has 0 bridgehead atoms. The summed E-state index contributed by atoms with van der Waals surface area (Å²) in [7, 11) is 0. The van der Waals surface area contributed by atoms with Crippen LogP contribution in [0.3, 0.4) is 0 Å². The van der Waals surface area contributed by atoms with Gasteiger partial charge < -0.3 is 10.6 Å². The highest BCUT2D eigenvalue weighted by atomic mass is 35.5. The first kappa shape index (κ1) is 17.9. The number of hydrogen-bond acceptors (Lipinski definition) is 2. The second kappa shape index (κ2) is 8.18. The van der Waals surface area contributed by atoms with Crippen molar-refractivity contribution in [2.45, 2.75) is 40.3 Å². The molecule has 0 fully saturated rings. The summed E-state index contributed by atoms with van der Waals surface area (Å²) in [6, 6.07) is 7.77. The average molecular weight is 285 g/mol. The second-order valence-corrected chi connectivity index (χ2v) is 5.35. The molecule has 19 heavy (non-hydrogen) atoms. The topological polar surface area (TPSA) is 46.3 Å². The van der Waals surface area contributed by atoms with Crippen LogP contribution in [0.5, 0.6) is 0 Å². The molecule has 0 aliphatic rings. The third-order valence-corrected chi connectivity index (χ3v) is 2.88. The molecular weight excluding hydrogens is 260 g/mol. The summed E-state index contributed by atoms with van der Waals surface area (Å²) in [4.78, 5) is 14.3. The lowest BCUT2D eigenvalue weighted by Crippen LogP contribution is -2.39. The monoisotopic (exact) mass is 284 g/mol. The van der Waals surface area contributed by atoms with E-state index in [1.165, 1.54) is 0 Å². The Morgan fingerprint density at radius 3 is 2.05 bits per heavy atom. The molecule has 0 saturated carbocycles. The van der Waals surface area contributed by atoms with Gasteiger partial charge in [-0.3, -0.25) is 4.79 Å². The lowest BCUT2D eigenvalue weighted by molar-refractivity contribution is 0.0682. The minimum Gasteiger partial charge on any atom is -0.336 e. The number of rotatable bonds is 5. The predicted octanol–water partition coefficient (Wildman–Crippen LogP) is 3.07. The Morgan fingerprint density at radius 1 is 1.16 bits per heavy atom. The maximum Gasteiger partial charge on any atom is 0.254 e. The number of nitrogens with zero attached hydrogens (tertiary/aromatic N) is 1. The number of carbonyl (C=O) groups excluding carboxylic acids is 1. The lowest BCUT2D eigenvalue weighted by atomic mass is 10.1. The van der Waals surface area contributed by atoms with E-state index in [9.17, 15) is 4.79 Å². The molecule has 1 amide bonds. The van der Waals surface area contributed by atoms with E-state index in [0.29, 0.717) is 12.5 Å². The average Bonchev–Trinajstić information content (AvgIpc) is 2.34. The molecule has 0 aliphatic carbocycles. The lowest BCUT2D eigenvalue weighted by Gasteiger charge is -2.28. The van der Waals surface area contributed by atoms with E-state index in [2.05, 4.69) is 27.7 Å². The third kappa shape index (κ3) is 5.21. The molecule has 1 aromatic carbocycles. The Kier molecular flexibility index (Phi) is 7.72. The number of nitrogens with two attached hydrogens (primary N) is 1. The van der Waals surface area contributed by atoms with Crippen molar-refractivity contribution in [1.29, 1.82) is 0 Å². The van der Waals surface area contributed by atoms with Gasteiger partial charge in [-0.2, -0.15) is 0 Å². The summed E-state index contributed by atoms with van der Waals surface area (Å²) in [5.74, 6) is 0.571. The van der Waals surface area contributed by atoms with Crippen LogP contribution in [0.15, 0.2) is 24.3 Å². The van der Waals surface area contributed by atoms with Gasteiger partial charge in [0.1, 0.15) is 0 Å². The summed E-state index contributed by atoms with van der Waals surface area (Å²) < 4.78 is 0. The molecule has 0 aliphatic heterocycles. The van der Waals surface area contributed by atoms with E-state index in [-0.39, 0.29) is 24.4 Å². The second-order valence-electron chi connectivity index (χ2n) is 5.35. The summed E-state index contributed by atoms with van der Waals surface area (Å²) in [5.41, 5.74) is 7.34. The van der Waals surface area contributed by atoms with E-state index in [4.69, 9.17) is 5.73 Å². The van der Waals surface area contributed by atoms with Gasteiger partial charge in [-0.1, -0.05) is 26.0 Å². The molecule has 4 heteroatoms. The number of halogens is 1. The molecule has 2 N–H and O–H groups in total. The smallest absolute Gasteiger partial charge is 0.254 e. The summed E-state index contributed by atoms with van der Waals surface area (Å²) in [6.45, 7) is 9.65. The zero-order valence-corrected chi connectivity index (χ0v) is 13.0. The molecule has 0 aromatic heterocycles. The number of amides is 1. The number of hydrogen-bond donors (Lipinski definition) is 1. The molecule has 0 heterocycles. The summed E-state index contributed by atoms with van der Waals surface area (Å²) in [5, 5.41) is 0. The highest BCUT2D eigenvalue weighted by molar-refractivity contribution is 5.94. The van der Waals surface area contributed by atoms with Crippen LogP contribution in [0, 0.1) is 5.92 Å². The van der Waals surface area contributed by atoms with Crippen LogP contribution < -0.4 is 5.73 Å². The molecule has 0 saturated heterocycles. The Labute approximate surface area is 122 Å². The van der Waals surface area contributed by atoms with Crippen molar-refractivity contribution in [3.05, 3.63) is 35.4 Å². The minimum absolute atomic E-state index is 0. The van der Waals surface area contributed by atoms with E-state index >= 15 is 0 Å². The van der Waals surface area contributed by atoms with Gasteiger partial charge in [0.05, 0.1) is 0 Å². The Bertz CT molecular complexity index is 388. The molecule has 0 unspecified atom stereocenters. The third-order valence-electron chi connectivity index (χ3n) is 2.88. The maximum absolute atomic E-state index is 12.4. The molecule has 0 spiro atoms. The van der Waals surface area contributed by atoms with Crippen LogP contribution in [-0.2, 0) is 6.54 Å². The normalized spacial score (nSPS) is 10.5. The Morgan fingerprint density at radius 2 is 1.68 bits per heavy atom. The quantitative estimate of drug-likeness (QED) is 0.903. The van der Waals surface area contributed by atoms with E-state index in [1.807, 2.05) is 29.2 Å². The van der Waals surface area contributed by atoms with Crippen LogP contribution in [0.2, 0.25) is 0 Å². The zero-order chi connectivity index (χ0) is 13.7. The number of carbonyl (C=O) groups is 1. The van der Waals surface area contributed by atoms with Crippen molar-refractivity contribution in [3.63, 3.8) is 0 Å². The van der Waals surface area contributed by atoms with Crippen molar-refractivity contribution in [1.82, 2.24) is 4.90 Å². The Hall–Kier alpha value is -1.06. The van der Waals surface area contributed by atoms with Crippen LogP contribution in [0.25, 0.3) is 0 Å². The first-order valence-electron chi connectivity index (χ1n) is 6.55. The van der Waals surface area contributed by atoms with Gasteiger partial charge in [0.2, 0.25) is 0 Å². The van der Waals surface area contributed by atoms with Gasteiger partial charge >= 0.3 is 0 Å². The van der Waals surface area contributed by atoms with Gasteiger partial charge in [-0.05, 0) is 37.5 Å². The fraction of sp³-hybridized carbons (Fsp3) is 0.533. The fourth-order valence-electron chi connectivity index (χ4n) is 1.87. The van der Waals surface area contributed by atoms with Crippen molar-refractivity contribution in [3.8, 4) is 0 Å². The van der Waals surface area contributed by atoms with Gasteiger partial charge in [0.25, 0.3) is 5.91 Å². The molecule has 3 nitrogen and oxygen atoms in total. The first-order chi connectivity index (χ1) is 8.45. The molecule has 0 atom stereocenters.